The van der Waals surface area contributed by atoms with E-state index in [1.807, 2.05) is 0 Å². The van der Waals surface area contributed by atoms with E-state index in [9.17, 15) is 27.2 Å². The Bertz CT molecular complexity index is 777. The number of anilines is 2. The Labute approximate surface area is 162 Å². The van der Waals surface area contributed by atoms with E-state index in [4.69, 9.17) is 0 Å². The Kier molecular flexibility index (Phi) is 6.07. The summed E-state index contributed by atoms with van der Waals surface area (Å²) in [6.07, 6.45) is 0. The Hall–Kier alpha value is -1.94. The summed E-state index contributed by atoms with van der Waals surface area (Å²) in [5.41, 5.74) is -0.279. The topological polar surface area (TPSA) is 58.2 Å². The second kappa shape index (κ2) is 7.75. The van der Waals surface area contributed by atoms with Crippen LogP contribution in [0.5, 0.6) is 0 Å². The predicted molar refractivity (Wildman–Crippen MR) is 95.4 cm³/mol. The largest absolute Gasteiger partial charge is 0.396 e. The van der Waals surface area contributed by atoms with Crippen molar-refractivity contribution in [1.82, 2.24) is 0 Å². The van der Waals surface area contributed by atoms with Gasteiger partial charge in [0.1, 0.15) is 0 Å². The standard InChI is InChI=1S/C16H10Br2F4N2O2/c17-9-5-1-3-7-11(9)23-13(25)15(19,20)16(21,22)14(26)24-12-8-4-2-6-10(12)18/h1-8H,(H,23,25)(H,24,26). The number of carbonyl (C=O) groups is 2. The molecule has 2 N–H and O–H groups in total. The molecule has 0 aromatic heterocycles. The number of rotatable bonds is 5. The molecule has 0 unspecified atom stereocenters. The molecular formula is C16H10Br2F4N2O2. The van der Waals surface area contributed by atoms with Crippen molar-refractivity contribution in [3.8, 4) is 0 Å². The summed E-state index contributed by atoms with van der Waals surface area (Å²) in [5, 5.41) is 3.36. The first kappa shape index (κ1) is 20.4. The molecule has 2 rings (SSSR count). The minimum Gasteiger partial charge on any atom is -0.320 e. The third-order valence-electron chi connectivity index (χ3n) is 3.21. The molecule has 0 heterocycles. The van der Waals surface area contributed by atoms with Gasteiger partial charge in [-0.15, -0.1) is 0 Å². The molecule has 2 aromatic carbocycles. The van der Waals surface area contributed by atoms with Gasteiger partial charge in [-0.3, -0.25) is 9.59 Å². The van der Waals surface area contributed by atoms with Crippen LogP contribution in [-0.2, 0) is 9.59 Å². The van der Waals surface area contributed by atoms with Gasteiger partial charge in [-0.1, -0.05) is 24.3 Å². The quantitative estimate of drug-likeness (QED) is 0.567. The summed E-state index contributed by atoms with van der Waals surface area (Å²) in [7, 11) is 0. The second-order valence-electron chi connectivity index (χ2n) is 5.02. The van der Waals surface area contributed by atoms with Gasteiger partial charge in [0.2, 0.25) is 0 Å². The number of hydrogen-bond acceptors (Lipinski definition) is 2. The van der Waals surface area contributed by atoms with Crippen LogP contribution in [0.4, 0.5) is 28.9 Å². The maximum Gasteiger partial charge on any atom is 0.396 e. The van der Waals surface area contributed by atoms with Gasteiger partial charge in [-0.2, -0.15) is 17.6 Å². The van der Waals surface area contributed by atoms with Gasteiger partial charge in [0, 0.05) is 8.95 Å². The fraction of sp³-hybridized carbons (Fsp3) is 0.125. The normalized spacial score (nSPS) is 11.8. The first-order valence-electron chi connectivity index (χ1n) is 6.95. The Morgan fingerprint density at radius 2 is 1.00 bits per heavy atom. The van der Waals surface area contributed by atoms with Crippen molar-refractivity contribution in [2.75, 3.05) is 10.6 Å². The van der Waals surface area contributed by atoms with Crippen molar-refractivity contribution in [3.63, 3.8) is 0 Å². The number of amides is 2. The smallest absolute Gasteiger partial charge is 0.320 e. The van der Waals surface area contributed by atoms with Gasteiger partial charge in [-0.25, -0.2) is 0 Å². The molecule has 0 fully saturated rings. The lowest BCUT2D eigenvalue weighted by Gasteiger charge is -2.25. The van der Waals surface area contributed by atoms with E-state index in [-0.39, 0.29) is 20.3 Å². The van der Waals surface area contributed by atoms with Gasteiger partial charge in [0.05, 0.1) is 11.4 Å². The van der Waals surface area contributed by atoms with Crippen molar-refractivity contribution in [2.45, 2.75) is 11.8 Å². The zero-order valence-electron chi connectivity index (χ0n) is 12.7. The average Bonchev–Trinajstić information content (AvgIpc) is 2.58. The zero-order valence-corrected chi connectivity index (χ0v) is 15.9. The molecule has 26 heavy (non-hydrogen) atoms. The third kappa shape index (κ3) is 4.07. The predicted octanol–water partition coefficient (Wildman–Crippen LogP) is 5.06. The highest BCUT2D eigenvalue weighted by molar-refractivity contribution is 9.11. The Morgan fingerprint density at radius 3 is 1.31 bits per heavy atom. The highest BCUT2D eigenvalue weighted by atomic mass is 79.9. The fourth-order valence-electron chi connectivity index (χ4n) is 1.81. The van der Waals surface area contributed by atoms with Gasteiger partial charge in [-0.05, 0) is 56.1 Å². The van der Waals surface area contributed by atoms with E-state index >= 15 is 0 Å². The van der Waals surface area contributed by atoms with Crippen molar-refractivity contribution in [3.05, 3.63) is 57.5 Å². The average molecular weight is 498 g/mol. The SMILES string of the molecule is O=C(Nc1ccccc1Br)C(F)(F)C(F)(F)C(=O)Nc1ccccc1Br. The Balaban J connectivity index is 2.22. The first-order valence-corrected chi connectivity index (χ1v) is 8.53. The highest BCUT2D eigenvalue weighted by Crippen LogP contribution is 2.37. The molecule has 0 radical (unpaired) electrons. The molecule has 0 aliphatic rings. The summed E-state index contributed by atoms with van der Waals surface area (Å²) in [4.78, 5) is 23.4. The first-order chi connectivity index (χ1) is 12.1. The van der Waals surface area contributed by atoms with E-state index in [0.717, 1.165) is 0 Å². The third-order valence-corrected chi connectivity index (χ3v) is 4.59. The summed E-state index contributed by atoms with van der Waals surface area (Å²) in [5.74, 6) is -15.2. The molecule has 0 saturated carbocycles. The molecule has 0 bridgehead atoms. The molecule has 0 spiro atoms. The van der Waals surface area contributed by atoms with Crippen LogP contribution in [0.1, 0.15) is 0 Å². The lowest BCUT2D eigenvalue weighted by Crippen LogP contribution is -2.56. The molecule has 2 amide bonds. The molecule has 0 saturated heterocycles. The number of carbonyl (C=O) groups excluding carboxylic acids is 2. The van der Waals surface area contributed by atoms with Crippen LogP contribution in [0.3, 0.4) is 0 Å². The summed E-state index contributed by atoms with van der Waals surface area (Å²) in [6, 6.07) is 11.2. The summed E-state index contributed by atoms with van der Waals surface area (Å²) < 4.78 is 56.5. The number of benzene rings is 2. The molecule has 10 heteroatoms. The summed E-state index contributed by atoms with van der Waals surface area (Å²) in [6.45, 7) is 0. The van der Waals surface area contributed by atoms with E-state index in [1.54, 1.807) is 10.6 Å². The summed E-state index contributed by atoms with van der Waals surface area (Å²) >= 11 is 5.98. The van der Waals surface area contributed by atoms with Crippen LogP contribution in [-0.4, -0.2) is 23.7 Å². The number of para-hydroxylation sites is 2. The molecule has 0 aliphatic carbocycles. The van der Waals surface area contributed by atoms with Crippen LogP contribution in [0, 0.1) is 0 Å². The van der Waals surface area contributed by atoms with Gasteiger partial charge in [0.15, 0.2) is 0 Å². The van der Waals surface area contributed by atoms with Crippen LogP contribution in [0.2, 0.25) is 0 Å². The highest BCUT2D eigenvalue weighted by Gasteiger charge is 2.67. The monoisotopic (exact) mass is 496 g/mol. The van der Waals surface area contributed by atoms with Crippen molar-refractivity contribution < 1.29 is 27.2 Å². The van der Waals surface area contributed by atoms with E-state index < -0.39 is 23.7 Å². The molecule has 138 valence electrons. The minimum absolute atomic E-state index is 0.140. The second-order valence-corrected chi connectivity index (χ2v) is 6.73. The minimum atomic E-state index is -5.28. The molecule has 2 aromatic rings. The molecule has 4 nitrogen and oxygen atoms in total. The number of nitrogens with one attached hydrogen (secondary N) is 2. The maximum atomic E-state index is 14.0. The fourth-order valence-corrected chi connectivity index (χ4v) is 2.58. The lowest BCUT2D eigenvalue weighted by atomic mass is 10.1. The number of hydrogen-bond donors (Lipinski definition) is 2. The van der Waals surface area contributed by atoms with Crippen molar-refractivity contribution >= 4 is 55.0 Å². The molecular weight excluding hydrogens is 488 g/mol. The number of alkyl halides is 4. The maximum absolute atomic E-state index is 14.0. The van der Waals surface area contributed by atoms with Crippen molar-refractivity contribution in [2.24, 2.45) is 0 Å². The zero-order chi connectivity index (χ0) is 19.5. The lowest BCUT2D eigenvalue weighted by molar-refractivity contribution is -0.204. The number of halogens is 6. The van der Waals surface area contributed by atoms with E-state index in [0.29, 0.717) is 0 Å². The van der Waals surface area contributed by atoms with Crippen molar-refractivity contribution in [1.29, 1.82) is 0 Å². The Morgan fingerprint density at radius 1 is 0.692 bits per heavy atom. The van der Waals surface area contributed by atoms with E-state index in [1.165, 1.54) is 48.5 Å². The van der Waals surface area contributed by atoms with Gasteiger partial charge in [0.25, 0.3) is 0 Å². The van der Waals surface area contributed by atoms with Gasteiger partial charge >= 0.3 is 23.7 Å². The molecule has 0 atom stereocenters. The van der Waals surface area contributed by atoms with Crippen LogP contribution in [0.25, 0.3) is 0 Å². The van der Waals surface area contributed by atoms with E-state index in [2.05, 4.69) is 31.9 Å². The van der Waals surface area contributed by atoms with Crippen LogP contribution in [0.15, 0.2) is 57.5 Å². The van der Waals surface area contributed by atoms with Crippen LogP contribution < -0.4 is 10.6 Å². The van der Waals surface area contributed by atoms with Crippen LogP contribution >= 0.6 is 31.9 Å². The van der Waals surface area contributed by atoms with Gasteiger partial charge < -0.3 is 10.6 Å². The molecule has 0 aliphatic heterocycles.